The minimum atomic E-state index is -4.81. The van der Waals surface area contributed by atoms with Gasteiger partial charge in [-0.3, -0.25) is 4.79 Å². The van der Waals surface area contributed by atoms with Crippen LogP contribution in [0.5, 0.6) is 0 Å². The number of benzene rings is 1. The molecule has 20 heavy (non-hydrogen) atoms. The first kappa shape index (κ1) is 16.5. The number of carbonyl (C=O) groups is 1. The molecular formula is C13H18F3N3O. The Bertz CT molecular complexity index is 484. The summed E-state index contributed by atoms with van der Waals surface area (Å²) < 4.78 is 38.1. The maximum Gasteiger partial charge on any atom is 0.415 e. The van der Waals surface area contributed by atoms with Gasteiger partial charge in [0.2, 0.25) is 0 Å². The molecule has 1 amide bonds. The predicted molar refractivity (Wildman–Crippen MR) is 71.1 cm³/mol. The Morgan fingerprint density at radius 3 is 2.35 bits per heavy atom. The van der Waals surface area contributed by atoms with E-state index >= 15 is 0 Å². The Morgan fingerprint density at radius 1 is 1.30 bits per heavy atom. The van der Waals surface area contributed by atoms with Crippen LogP contribution in [-0.2, 0) is 11.3 Å². The third-order valence-corrected chi connectivity index (χ3v) is 2.81. The van der Waals surface area contributed by atoms with Crippen LogP contribution in [0, 0.1) is 0 Å². The molecule has 1 rings (SSSR count). The normalized spacial score (nSPS) is 15.0. The summed E-state index contributed by atoms with van der Waals surface area (Å²) in [6.45, 7) is 1.14. The summed E-state index contributed by atoms with van der Waals surface area (Å²) >= 11 is 0. The van der Waals surface area contributed by atoms with E-state index in [0.717, 1.165) is 0 Å². The smallest absolute Gasteiger partial charge is 0.324 e. The van der Waals surface area contributed by atoms with E-state index in [1.807, 2.05) is 19.0 Å². The quantitative estimate of drug-likeness (QED) is 0.891. The van der Waals surface area contributed by atoms with Crippen molar-refractivity contribution in [3.05, 3.63) is 29.8 Å². The maximum atomic E-state index is 12.7. The van der Waals surface area contributed by atoms with Crippen LogP contribution < -0.4 is 11.1 Å². The first-order chi connectivity index (χ1) is 9.05. The lowest BCUT2D eigenvalue weighted by molar-refractivity contribution is -0.184. The fourth-order valence-corrected chi connectivity index (χ4v) is 1.50. The molecule has 1 atom stereocenters. The van der Waals surface area contributed by atoms with Gasteiger partial charge in [0.25, 0.3) is 5.91 Å². The summed E-state index contributed by atoms with van der Waals surface area (Å²) in [4.78, 5) is 13.6. The van der Waals surface area contributed by atoms with Crippen molar-refractivity contribution in [2.75, 3.05) is 19.4 Å². The second kappa shape index (κ2) is 5.80. The van der Waals surface area contributed by atoms with Gasteiger partial charge in [0.1, 0.15) is 0 Å². The molecule has 0 aromatic heterocycles. The number of alkyl halides is 3. The molecule has 0 bridgehead atoms. The Kier molecular flexibility index (Phi) is 4.77. The summed E-state index contributed by atoms with van der Waals surface area (Å²) in [7, 11) is 3.64. The predicted octanol–water partition coefficient (Wildman–Crippen LogP) is 1.97. The van der Waals surface area contributed by atoms with E-state index in [2.05, 4.69) is 5.32 Å². The third kappa shape index (κ3) is 3.71. The van der Waals surface area contributed by atoms with Crippen molar-refractivity contribution in [3.63, 3.8) is 0 Å². The van der Waals surface area contributed by atoms with Crippen LogP contribution in [0.1, 0.15) is 12.5 Å². The molecule has 3 N–H and O–H groups in total. The molecule has 0 fully saturated rings. The number of hydrogen-bond donors (Lipinski definition) is 2. The van der Waals surface area contributed by atoms with Gasteiger partial charge >= 0.3 is 6.18 Å². The van der Waals surface area contributed by atoms with Crippen LogP contribution in [0.4, 0.5) is 18.9 Å². The zero-order valence-electron chi connectivity index (χ0n) is 11.6. The summed E-state index contributed by atoms with van der Waals surface area (Å²) in [5.74, 6) is -1.28. The zero-order chi connectivity index (χ0) is 15.6. The van der Waals surface area contributed by atoms with E-state index in [9.17, 15) is 18.0 Å². The van der Waals surface area contributed by atoms with Gasteiger partial charge in [-0.15, -0.1) is 0 Å². The molecule has 1 aromatic rings. The number of anilines is 1. The molecule has 0 heterocycles. The van der Waals surface area contributed by atoms with E-state index in [1.54, 1.807) is 24.3 Å². The van der Waals surface area contributed by atoms with Gasteiger partial charge in [0.15, 0.2) is 5.54 Å². The highest BCUT2D eigenvalue weighted by Crippen LogP contribution is 2.29. The largest absolute Gasteiger partial charge is 0.415 e. The Labute approximate surface area is 115 Å². The Balaban J connectivity index is 2.97. The summed E-state index contributed by atoms with van der Waals surface area (Å²) in [6, 6.07) is 6.66. The van der Waals surface area contributed by atoms with Crippen LogP contribution in [0.2, 0.25) is 0 Å². The van der Waals surface area contributed by atoms with Crippen LogP contribution in [0.25, 0.3) is 0 Å². The summed E-state index contributed by atoms with van der Waals surface area (Å²) in [5.41, 5.74) is 3.19. The van der Waals surface area contributed by atoms with Gasteiger partial charge < -0.3 is 16.0 Å². The summed E-state index contributed by atoms with van der Waals surface area (Å²) in [6.07, 6.45) is -4.81. The average Bonchev–Trinajstić information content (AvgIpc) is 2.29. The molecule has 0 radical (unpaired) electrons. The molecule has 1 unspecified atom stereocenters. The van der Waals surface area contributed by atoms with Crippen molar-refractivity contribution in [1.82, 2.24) is 4.90 Å². The second-order valence-corrected chi connectivity index (χ2v) is 5.05. The van der Waals surface area contributed by atoms with Gasteiger partial charge in [-0.2, -0.15) is 13.2 Å². The number of nitrogens with zero attached hydrogens (tertiary/aromatic N) is 1. The van der Waals surface area contributed by atoms with Crippen molar-refractivity contribution >= 4 is 11.6 Å². The number of hydrogen-bond acceptors (Lipinski definition) is 3. The highest BCUT2D eigenvalue weighted by atomic mass is 19.4. The number of carbonyl (C=O) groups excluding carboxylic acids is 1. The highest BCUT2D eigenvalue weighted by Gasteiger charge is 2.54. The lowest BCUT2D eigenvalue weighted by atomic mass is 10.0. The van der Waals surface area contributed by atoms with Gasteiger partial charge in [-0.1, -0.05) is 18.2 Å². The van der Waals surface area contributed by atoms with Crippen LogP contribution in [0.15, 0.2) is 24.3 Å². The minimum Gasteiger partial charge on any atom is -0.324 e. The van der Waals surface area contributed by atoms with Gasteiger partial charge in [-0.05, 0) is 32.6 Å². The molecule has 0 saturated heterocycles. The SMILES string of the molecule is CN(C)Cc1ccccc1NC(=O)C(C)(N)C(F)(F)F. The number of para-hydroxylation sites is 1. The van der Waals surface area contributed by atoms with E-state index in [4.69, 9.17) is 5.73 Å². The van der Waals surface area contributed by atoms with E-state index < -0.39 is 17.6 Å². The topological polar surface area (TPSA) is 58.4 Å². The van der Waals surface area contributed by atoms with Crippen molar-refractivity contribution < 1.29 is 18.0 Å². The Hall–Kier alpha value is -1.60. The van der Waals surface area contributed by atoms with Crippen LogP contribution in [0.3, 0.4) is 0 Å². The van der Waals surface area contributed by atoms with E-state index in [0.29, 0.717) is 24.7 Å². The molecule has 4 nitrogen and oxygen atoms in total. The van der Waals surface area contributed by atoms with Crippen molar-refractivity contribution in [1.29, 1.82) is 0 Å². The number of nitrogens with one attached hydrogen (secondary N) is 1. The summed E-state index contributed by atoms with van der Waals surface area (Å²) in [5, 5.41) is 2.25. The molecular weight excluding hydrogens is 271 g/mol. The molecule has 0 saturated carbocycles. The first-order valence-electron chi connectivity index (χ1n) is 5.95. The van der Waals surface area contributed by atoms with E-state index in [1.165, 1.54) is 0 Å². The number of nitrogens with two attached hydrogens (primary N) is 1. The van der Waals surface area contributed by atoms with Gasteiger partial charge in [0, 0.05) is 12.2 Å². The molecule has 112 valence electrons. The fraction of sp³-hybridized carbons (Fsp3) is 0.462. The van der Waals surface area contributed by atoms with Crippen molar-refractivity contribution in [2.45, 2.75) is 25.2 Å². The molecule has 7 heteroatoms. The molecule has 0 spiro atoms. The lowest BCUT2D eigenvalue weighted by Crippen LogP contribution is -2.59. The lowest BCUT2D eigenvalue weighted by Gasteiger charge is -2.26. The molecule has 0 aliphatic rings. The van der Waals surface area contributed by atoms with E-state index in [-0.39, 0.29) is 0 Å². The van der Waals surface area contributed by atoms with Crippen LogP contribution >= 0.6 is 0 Å². The fourth-order valence-electron chi connectivity index (χ4n) is 1.50. The average molecular weight is 289 g/mol. The Morgan fingerprint density at radius 2 is 1.85 bits per heavy atom. The minimum absolute atomic E-state index is 0.326. The number of amides is 1. The molecule has 0 aliphatic heterocycles. The maximum absolute atomic E-state index is 12.7. The first-order valence-corrected chi connectivity index (χ1v) is 5.95. The highest BCUT2D eigenvalue weighted by molar-refractivity contribution is 5.98. The molecule has 0 aliphatic carbocycles. The van der Waals surface area contributed by atoms with Crippen LogP contribution in [-0.4, -0.2) is 36.6 Å². The number of halogens is 3. The standard InChI is InChI=1S/C13H18F3N3O/c1-12(17,13(14,15)16)11(20)18-10-7-5-4-6-9(10)8-19(2)3/h4-7H,8,17H2,1-3H3,(H,18,20). The zero-order valence-corrected chi connectivity index (χ0v) is 11.6. The van der Waals surface area contributed by atoms with Gasteiger partial charge in [-0.25, -0.2) is 0 Å². The number of rotatable bonds is 4. The van der Waals surface area contributed by atoms with Gasteiger partial charge in [0.05, 0.1) is 0 Å². The monoisotopic (exact) mass is 289 g/mol. The van der Waals surface area contributed by atoms with Crippen molar-refractivity contribution in [3.8, 4) is 0 Å². The molecule has 1 aromatic carbocycles. The second-order valence-electron chi connectivity index (χ2n) is 5.05. The third-order valence-electron chi connectivity index (χ3n) is 2.81. The van der Waals surface area contributed by atoms with Crippen molar-refractivity contribution in [2.24, 2.45) is 5.73 Å².